The highest BCUT2D eigenvalue weighted by Crippen LogP contribution is 2.20. The third kappa shape index (κ3) is 3.91. The maximum absolute atomic E-state index is 4.52. The van der Waals surface area contributed by atoms with Gasteiger partial charge >= 0.3 is 0 Å². The lowest BCUT2D eigenvalue weighted by atomic mass is 10.1. The van der Waals surface area contributed by atoms with Gasteiger partial charge in [0.2, 0.25) is 0 Å². The zero-order valence-electron chi connectivity index (χ0n) is 15.0. The Hall–Kier alpha value is -2.74. The molecular weight excluding hydrogens is 328 g/mol. The van der Waals surface area contributed by atoms with E-state index in [4.69, 9.17) is 0 Å². The van der Waals surface area contributed by atoms with Crippen LogP contribution in [-0.4, -0.2) is 54.3 Å². The van der Waals surface area contributed by atoms with E-state index in [-0.39, 0.29) is 0 Å². The molecule has 4 rings (SSSR count). The lowest BCUT2D eigenvalue weighted by Gasteiger charge is -2.17. The Bertz CT molecular complexity index is 839. The van der Waals surface area contributed by atoms with Gasteiger partial charge in [-0.25, -0.2) is 15.0 Å². The van der Waals surface area contributed by atoms with Crippen molar-refractivity contribution in [2.24, 2.45) is 0 Å². The van der Waals surface area contributed by atoms with Gasteiger partial charge in [0.05, 0.1) is 24.5 Å². The fourth-order valence-corrected chi connectivity index (χ4v) is 3.36. The van der Waals surface area contributed by atoms with Crippen LogP contribution in [0.4, 0.5) is 5.82 Å². The first-order chi connectivity index (χ1) is 12.8. The minimum Gasteiger partial charge on any atom is -0.368 e. The Labute approximate surface area is 152 Å². The molecule has 26 heavy (non-hydrogen) atoms. The molecule has 0 saturated carbocycles. The summed E-state index contributed by atoms with van der Waals surface area (Å²) in [6, 6.07) is 2.02. The second-order valence-corrected chi connectivity index (χ2v) is 6.61. The van der Waals surface area contributed by atoms with E-state index in [1.54, 1.807) is 12.5 Å². The van der Waals surface area contributed by atoms with Gasteiger partial charge in [0.15, 0.2) is 0 Å². The number of aromatic amines is 1. The summed E-state index contributed by atoms with van der Waals surface area (Å²) in [5.74, 6) is 1.97. The first-order valence-electron chi connectivity index (χ1n) is 9.05. The molecule has 0 fully saturated rings. The normalized spacial score (nSPS) is 14.8. The maximum atomic E-state index is 4.52. The quantitative estimate of drug-likeness (QED) is 0.698. The Balaban J connectivity index is 1.38. The van der Waals surface area contributed by atoms with Crippen LogP contribution in [0.25, 0.3) is 0 Å². The van der Waals surface area contributed by atoms with Crippen LogP contribution in [-0.2, 0) is 25.9 Å². The van der Waals surface area contributed by atoms with Crippen LogP contribution in [0.15, 0.2) is 31.0 Å². The number of hydrogen-bond acceptors (Lipinski definition) is 6. The molecule has 4 heterocycles. The topological polar surface area (TPSA) is 87.5 Å². The SMILES string of the molecule is Cc1ccn(CCNc2ncnc3c2CCN(Cc2ncc[nH]2)CC3)n1. The first-order valence-corrected chi connectivity index (χ1v) is 9.05. The van der Waals surface area contributed by atoms with Crippen molar-refractivity contribution in [2.75, 3.05) is 25.0 Å². The molecule has 0 aromatic carbocycles. The Morgan fingerprint density at radius 2 is 2.12 bits per heavy atom. The van der Waals surface area contributed by atoms with Crippen LogP contribution >= 0.6 is 0 Å². The van der Waals surface area contributed by atoms with Crippen molar-refractivity contribution in [1.29, 1.82) is 0 Å². The van der Waals surface area contributed by atoms with Crippen LogP contribution in [0, 0.1) is 6.92 Å². The summed E-state index contributed by atoms with van der Waals surface area (Å²) >= 11 is 0. The number of H-pyrrole nitrogens is 1. The molecule has 0 bridgehead atoms. The summed E-state index contributed by atoms with van der Waals surface area (Å²) in [5.41, 5.74) is 3.43. The lowest BCUT2D eigenvalue weighted by Crippen LogP contribution is -2.26. The van der Waals surface area contributed by atoms with Crippen molar-refractivity contribution in [2.45, 2.75) is 32.9 Å². The molecular formula is C18H24N8. The average Bonchev–Trinajstić information content (AvgIpc) is 3.25. The number of fused-ring (bicyclic) bond motifs is 1. The average molecular weight is 352 g/mol. The highest BCUT2D eigenvalue weighted by molar-refractivity contribution is 5.46. The molecule has 1 aliphatic heterocycles. The van der Waals surface area contributed by atoms with Gasteiger partial charge in [-0.2, -0.15) is 5.10 Å². The predicted molar refractivity (Wildman–Crippen MR) is 98.8 cm³/mol. The van der Waals surface area contributed by atoms with Crippen LogP contribution in [0.3, 0.4) is 0 Å². The molecule has 8 nitrogen and oxygen atoms in total. The van der Waals surface area contributed by atoms with Gasteiger partial charge in [0, 0.05) is 50.2 Å². The molecule has 0 unspecified atom stereocenters. The highest BCUT2D eigenvalue weighted by atomic mass is 15.3. The van der Waals surface area contributed by atoms with Crippen molar-refractivity contribution in [3.63, 3.8) is 0 Å². The number of nitrogens with one attached hydrogen (secondary N) is 2. The predicted octanol–water partition coefficient (Wildman–Crippen LogP) is 1.42. The molecule has 0 amide bonds. The van der Waals surface area contributed by atoms with Gasteiger partial charge in [0.25, 0.3) is 0 Å². The van der Waals surface area contributed by atoms with Crippen molar-refractivity contribution in [1.82, 2.24) is 34.6 Å². The molecule has 0 spiro atoms. The summed E-state index contributed by atoms with van der Waals surface area (Å²) in [5, 5.41) is 7.89. The van der Waals surface area contributed by atoms with Crippen LogP contribution in [0.1, 0.15) is 22.8 Å². The van der Waals surface area contributed by atoms with Gasteiger partial charge in [-0.15, -0.1) is 0 Å². The van der Waals surface area contributed by atoms with E-state index in [2.05, 4.69) is 35.3 Å². The minimum absolute atomic E-state index is 0.792. The zero-order valence-corrected chi connectivity index (χ0v) is 15.0. The smallest absolute Gasteiger partial charge is 0.132 e. The number of rotatable bonds is 6. The number of nitrogens with zero attached hydrogens (tertiary/aromatic N) is 6. The van der Waals surface area contributed by atoms with Crippen molar-refractivity contribution >= 4 is 5.82 Å². The maximum Gasteiger partial charge on any atom is 0.132 e. The van der Waals surface area contributed by atoms with Crippen molar-refractivity contribution in [3.05, 3.63) is 53.8 Å². The van der Waals surface area contributed by atoms with Gasteiger partial charge in [-0.3, -0.25) is 9.58 Å². The number of anilines is 1. The van der Waals surface area contributed by atoms with Crippen LogP contribution < -0.4 is 5.32 Å². The largest absolute Gasteiger partial charge is 0.368 e. The fourth-order valence-electron chi connectivity index (χ4n) is 3.36. The molecule has 3 aromatic heterocycles. The molecule has 0 atom stereocenters. The molecule has 0 aliphatic carbocycles. The second-order valence-electron chi connectivity index (χ2n) is 6.61. The molecule has 3 aromatic rings. The molecule has 136 valence electrons. The molecule has 8 heteroatoms. The monoisotopic (exact) mass is 352 g/mol. The van der Waals surface area contributed by atoms with E-state index in [1.807, 2.05) is 30.1 Å². The fraction of sp³-hybridized carbons (Fsp3) is 0.444. The van der Waals surface area contributed by atoms with Crippen molar-refractivity contribution < 1.29 is 0 Å². The summed E-state index contributed by atoms with van der Waals surface area (Å²) in [6.07, 6.45) is 9.23. The molecule has 0 radical (unpaired) electrons. The van der Waals surface area contributed by atoms with E-state index in [9.17, 15) is 0 Å². The number of aromatic nitrogens is 6. The van der Waals surface area contributed by atoms with Gasteiger partial charge in [-0.1, -0.05) is 0 Å². The third-order valence-electron chi connectivity index (χ3n) is 4.71. The van der Waals surface area contributed by atoms with Gasteiger partial charge in [0.1, 0.15) is 18.0 Å². The van der Waals surface area contributed by atoms with E-state index < -0.39 is 0 Å². The van der Waals surface area contributed by atoms with E-state index >= 15 is 0 Å². The highest BCUT2D eigenvalue weighted by Gasteiger charge is 2.19. The zero-order chi connectivity index (χ0) is 17.8. The van der Waals surface area contributed by atoms with E-state index in [0.717, 1.165) is 68.6 Å². The summed E-state index contributed by atoms with van der Waals surface area (Å²) in [7, 11) is 0. The Morgan fingerprint density at radius 3 is 2.92 bits per heavy atom. The molecule has 1 aliphatic rings. The Kier molecular flexibility index (Phi) is 4.92. The van der Waals surface area contributed by atoms with Crippen molar-refractivity contribution in [3.8, 4) is 0 Å². The second kappa shape index (κ2) is 7.65. The minimum atomic E-state index is 0.792. The first kappa shape index (κ1) is 16.7. The molecule has 2 N–H and O–H groups in total. The molecule has 0 saturated heterocycles. The number of imidazole rings is 1. The number of hydrogen-bond donors (Lipinski definition) is 2. The summed E-state index contributed by atoms with van der Waals surface area (Å²) in [6.45, 7) is 6.42. The Morgan fingerprint density at radius 1 is 1.19 bits per heavy atom. The van der Waals surface area contributed by atoms with E-state index in [0.29, 0.717) is 0 Å². The number of aryl methyl sites for hydroxylation is 1. The van der Waals surface area contributed by atoms with Gasteiger partial charge in [-0.05, 0) is 19.4 Å². The van der Waals surface area contributed by atoms with Crippen LogP contribution in [0.5, 0.6) is 0 Å². The van der Waals surface area contributed by atoms with Gasteiger partial charge < -0.3 is 10.3 Å². The summed E-state index contributed by atoms with van der Waals surface area (Å²) < 4.78 is 1.95. The van der Waals surface area contributed by atoms with Crippen LogP contribution in [0.2, 0.25) is 0 Å². The lowest BCUT2D eigenvalue weighted by molar-refractivity contribution is 0.273. The summed E-state index contributed by atoms with van der Waals surface area (Å²) in [4.78, 5) is 18.9. The third-order valence-corrected chi connectivity index (χ3v) is 4.71. The standard InChI is InChI=1S/C18H24N8/c1-14-2-10-26(24-14)11-7-21-18-15-3-8-25(12-17-19-5-6-20-17)9-4-16(15)22-13-23-18/h2,5-6,10,13H,3-4,7-9,11-12H2,1H3,(H,19,20)(H,21,22,23). The van der Waals surface area contributed by atoms with E-state index in [1.165, 1.54) is 5.56 Å².